The molecule has 2 bridgehead atoms. The summed E-state index contributed by atoms with van der Waals surface area (Å²) >= 11 is 0. The van der Waals surface area contributed by atoms with Gasteiger partial charge in [0.15, 0.2) is 0 Å². The first kappa shape index (κ1) is 14.9. The van der Waals surface area contributed by atoms with Crippen LogP contribution in [0.25, 0.3) is 0 Å². The maximum atomic E-state index is 12.5. The number of nitrogens with one attached hydrogen (secondary N) is 1. The Morgan fingerprint density at radius 3 is 2.48 bits per heavy atom. The van der Waals surface area contributed by atoms with Crippen LogP contribution < -0.4 is 11.1 Å². The van der Waals surface area contributed by atoms with E-state index in [4.69, 9.17) is 5.73 Å². The highest BCUT2D eigenvalue weighted by atomic mass is 35.5. The van der Waals surface area contributed by atoms with E-state index >= 15 is 0 Å². The zero-order valence-electron chi connectivity index (χ0n) is 12.1. The molecule has 0 saturated heterocycles. The van der Waals surface area contributed by atoms with Gasteiger partial charge in [-0.05, 0) is 43.1 Å². The van der Waals surface area contributed by atoms with E-state index in [1.165, 1.54) is 24.8 Å². The number of benzene rings is 1. The van der Waals surface area contributed by atoms with E-state index in [1.807, 2.05) is 6.07 Å². The highest BCUT2D eigenvalue weighted by Gasteiger charge is 2.50. The molecule has 3 nitrogen and oxygen atoms in total. The quantitative estimate of drug-likeness (QED) is 0.901. The lowest BCUT2D eigenvalue weighted by Gasteiger charge is -2.27. The van der Waals surface area contributed by atoms with Crippen molar-refractivity contribution in [2.75, 3.05) is 0 Å². The molecule has 3 aliphatic carbocycles. The first-order valence-corrected chi connectivity index (χ1v) is 7.85. The van der Waals surface area contributed by atoms with Crippen molar-refractivity contribution in [2.24, 2.45) is 23.5 Å². The fourth-order valence-corrected chi connectivity index (χ4v) is 4.43. The zero-order chi connectivity index (χ0) is 13.7. The maximum absolute atomic E-state index is 12.5. The van der Waals surface area contributed by atoms with Gasteiger partial charge in [-0.15, -0.1) is 12.4 Å². The second kappa shape index (κ2) is 5.62. The Kier molecular flexibility index (Phi) is 3.98. The number of halogens is 1. The maximum Gasteiger partial charge on any atom is 0.225 e. The SMILES string of the molecule is Cl.NC1C2CCC(C2)C1C(=O)NC1CC1c1ccccc1. The second-order valence-electron chi connectivity index (χ2n) is 6.80. The van der Waals surface area contributed by atoms with Gasteiger partial charge in [0.2, 0.25) is 5.91 Å². The Morgan fingerprint density at radius 1 is 1.10 bits per heavy atom. The summed E-state index contributed by atoms with van der Waals surface area (Å²) in [5.41, 5.74) is 7.59. The van der Waals surface area contributed by atoms with Crippen LogP contribution in [0.5, 0.6) is 0 Å². The molecule has 1 aromatic rings. The van der Waals surface area contributed by atoms with Gasteiger partial charge in [-0.3, -0.25) is 4.79 Å². The molecule has 3 saturated carbocycles. The molecule has 0 aliphatic heterocycles. The normalized spacial score (nSPS) is 39.7. The minimum atomic E-state index is 0. The standard InChI is InChI=1S/C17H22N2O.ClH/c18-16-12-7-6-11(8-12)15(16)17(20)19-14-9-13(14)10-4-2-1-3-5-10;/h1-5,11-16H,6-9,18H2,(H,19,20);1H. The first-order valence-electron chi connectivity index (χ1n) is 7.85. The van der Waals surface area contributed by atoms with Gasteiger partial charge in [0, 0.05) is 18.0 Å². The minimum Gasteiger partial charge on any atom is -0.352 e. The van der Waals surface area contributed by atoms with E-state index in [-0.39, 0.29) is 30.3 Å². The number of rotatable bonds is 3. The number of nitrogens with two attached hydrogens (primary N) is 1. The van der Waals surface area contributed by atoms with Gasteiger partial charge in [-0.25, -0.2) is 0 Å². The summed E-state index contributed by atoms with van der Waals surface area (Å²) in [5.74, 6) is 1.94. The highest BCUT2D eigenvalue weighted by Crippen LogP contribution is 2.48. The Morgan fingerprint density at radius 2 is 1.81 bits per heavy atom. The van der Waals surface area contributed by atoms with Crippen LogP contribution in [0.4, 0.5) is 0 Å². The largest absolute Gasteiger partial charge is 0.352 e. The van der Waals surface area contributed by atoms with Crippen molar-refractivity contribution in [1.82, 2.24) is 5.32 Å². The number of hydrogen-bond acceptors (Lipinski definition) is 2. The van der Waals surface area contributed by atoms with Crippen LogP contribution in [0.15, 0.2) is 30.3 Å². The van der Waals surface area contributed by atoms with Crippen molar-refractivity contribution in [2.45, 2.75) is 43.7 Å². The molecule has 21 heavy (non-hydrogen) atoms. The summed E-state index contributed by atoms with van der Waals surface area (Å²) < 4.78 is 0. The topological polar surface area (TPSA) is 55.1 Å². The number of carbonyl (C=O) groups excluding carboxylic acids is 1. The number of amides is 1. The van der Waals surface area contributed by atoms with Gasteiger partial charge >= 0.3 is 0 Å². The molecule has 3 fully saturated rings. The van der Waals surface area contributed by atoms with Crippen molar-refractivity contribution in [3.8, 4) is 0 Å². The van der Waals surface area contributed by atoms with Crippen LogP contribution >= 0.6 is 12.4 Å². The molecule has 4 heteroatoms. The molecule has 3 N–H and O–H groups in total. The van der Waals surface area contributed by atoms with E-state index in [0.29, 0.717) is 23.8 Å². The van der Waals surface area contributed by atoms with Crippen molar-refractivity contribution in [3.05, 3.63) is 35.9 Å². The van der Waals surface area contributed by atoms with Gasteiger partial charge in [0.05, 0.1) is 5.92 Å². The molecule has 114 valence electrons. The molecule has 1 aromatic carbocycles. The Labute approximate surface area is 132 Å². The van der Waals surface area contributed by atoms with E-state index in [2.05, 4.69) is 29.6 Å². The monoisotopic (exact) mass is 306 g/mol. The Hall–Kier alpha value is -1.06. The first-order chi connectivity index (χ1) is 9.74. The van der Waals surface area contributed by atoms with Crippen molar-refractivity contribution >= 4 is 18.3 Å². The summed E-state index contributed by atoms with van der Waals surface area (Å²) in [6, 6.07) is 10.9. The third kappa shape index (κ3) is 2.58. The van der Waals surface area contributed by atoms with Crippen LogP contribution in [0.1, 0.15) is 37.2 Å². The van der Waals surface area contributed by atoms with Gasteiger partial charge in [0.1, 0.15) is 0 Å². The minimum absolute atomic E-state index is 0. The lowest BCUT2D eigenvalue weighted by atomic mass is 9.84. The van der Waals surface area contributed by atoms with Crippen LogP contribution in [0.3, 0.4) is 0 Å². The van der Waals surface area contributed by atoms with Crippen LogP contribution in [0.2, 0.25) is 0 Å². The molecular formula is C17H23ClN2O. The highest BCUT2D eigenvalue weighted by molar-refractivity contribution is 5.85. The predicted octanol–water partition coefficient (Wildman–Crippen LogP) is 2.45. The third-order valence-electron chi connectivity index (χ3n) is 5.63. The summed E-state index contributed by atoms with van der Waals surface area (Å²) in [6.45, 7) is 0. The van der Waals surface area contributed by atoms with Gasteiger partial charge < -0.3 is 11.1 Å². The molecule has 6 atom stereocenters. The fraction of sp³-hybridized carbons (Fsp3) is 0.588. The van der Waals surface area contributed by atoms with Gasteiger partial charge in [-0.2, -0.15) is 0 Å². The van der Waals surface area contributed by atoms with Crippen molar-refractivity contribution in [1.29, 1.82) is 0 Å². The molecule has 0 radical (unpaired) electrons. The van der Waals surface area contributed by atoms with E-state index in [0.717, 1.165) is 6.42 Å². The van der Waals surface area contributed by atoms with Crippen molar-refractivity contribution in [3.63, 3.8) is 0 Å². The van der Waals surface area contributed by atoms with E-state index in [9.17, 15) is 4.79 Å². The molecule has 4 rings (SSSR count). The lowest BCUT2D eigenvalue weighted by molar-refractivity contribution is -0.127. The molecule has 6 unspecified atom stereocenters. The van der Waals surface area contributed by atoms with Crippen molar-refractivity contribution < 1.29 is 4.79 Å². The third-order valence-corrected chi connectivity index (χ3v) is 5.63. The number of hydrogen-bond donors (Lipinski definition) is 2. The molecule has 3 aliphatic rings. The summed E-state index contributed by atoms with van der Waals surface area (Å²) in [6.07, 6.45) is 4.67. The van der Waals surface area contributed by atoms with Crippen LogP contribution in [-0.4, -0.2) is 18.0 Å². The van der Waals surface area contributed by atoms with E-state index < -0.39 is 0 Å². The Balaban J connectivity index is 0.00000132. The van der Waals surface area contributed by atoms with Crippen LogP contribution in [0, 0.1) is 17.8 Å². The second-order valence-corrected chi connectivity index (χ2v) is 6.80. The molecule has 0 heterocycles. The smallest absolute Gasteiger partial charge is 0.225 e. The van der Waals surface area contributed by atoms with Gasteiger partial charge in [0.25, 0.3) is 0 Å². The fourth-order valence-electron chi connectivity index (χ4n) is 4.43. The van der Waals surface area contributed by atoms with E-state index in [1.54, 1.807) is 0 Å². The zero-order valence-corrected chi connectivity index (χ0v) is 12.9. The average molecular weight is 307 g/mol. The molecular weight excluding hydrogens is 284 g/mol. The Bertz CT molecular complexity index is 519. The lowest BCUT2D eigenvalue weighted by Crippen LogP contribution is -2.46. The molecule has 0 spiro atoms. The summed E-state index contributed by atoms with van der Waals surface area (Å²) in [7, 11) is 0. The molecule has 1 amide bonds. The average Bonchev–Trinajstić information content (AvgIpc) is 2.93. The summed E-state index contributed by atoms with van der Waals surface area (Å²) in [4.78, 5) is 12.5. The van der Waals surface area contributed by atoms with Crippen LogP contribution in [-0.2, 0) is 4.79 Å². The predicted molar refractivity (Wildman–Crippen MR) is 85.3 cm³/mol. The number of carbonyl (C=O) groups is 1. The van der Waals surface area contributed by atoms with Gasteiger partial charge in [-0.1, -0.05) is 30.3 Å². The molecule has 0 aromatic heterocycles. The summed E-state index contributed by atoms with van der Waals surface area (Å²) in [5, 5.41) is 3.24. The number of fused-ring (bicyclic) bond motifs is 2.